The largest absolute Gasteiger partial charge is 0.457 e. The predicted octanol–water partition coefficient (Wildman–Crippen LogP) is 2.83. The number of methoxy groups -OCH3 is 1. The Morgan fingerprint density at radius 2 is 1.85 bits per heavy atom. The summed E-state index contributed by atoms with van der Waals surface area (Å²) < 4.78 is 22.2. The number of ketones is 1. The lowest BCUT2D eigenvalue weighted by molar-refractivity contribution is -0.163. The van der Waals surface area contributed by atoms with Gasteiger partial charge in [0.2, 0.25) is 0 Å². The topological polar surface area (TPSA) is 152 Å². The highest BCUT2D eigenvalue weighted by atomic mass is 16.6. The molecule has 11 unspecified atom stereocenters. The number of ether oxygens (including phenoxy) is 4. The third kappa shape index (κ3) is 9.58. The van der Waals surface area contributed by atoms with Gasteiger partial charge in [-0.2, -0.15) is 0 Å². The summed E-state index contributed by atoms with van der Waals surface area (Å²) in [7, 11) is 1.68. The number of epoxide rings is 1. The molecule has 10 heteroatoms. The molecule has 0 aromatic heterocycles. The van der Waals surface area contributed by atoms with Crippen LogP contribution in [0.3, 0.4) is 0 Å². The van der Waals surface area contributed by atoms with Gasteiger partial charge in [-0.25, -0.2) is 0 Å². The van der Waals surface area contributed by atoms with Crippen LogP contribution in [0, 0.1) is 17.8 Å². The molecular weight excluding hydrogens is 532 g/mol. The molecule has 0 bridgehead atoms. The monoisotopic (exact) mass is 580 g/mol. The number of Topliss-reactive ketones (excluding diaryl/α,β-unsaturated/α-hetero) is 1. The minimum atomic E-state index is -2.10. The van der Waals surface area contributed by atoms with Crippen LogP contribution < -0.4 is 0 Å². The molecule has 2 aliphatic rings. The van der Waals surface area contributed by atoms with Crippen LogP contribution in [0.15, 0.2) is 36.0 Å². The summed E-state index contributed by atoms with van der Waals surface area (Å²) in [5, 5.41) is 32.0. The number of carbonyl (C=O) groups is 3. The quantitative estimate of drug-likeness (QED) is 0.152. The van der Waals surface area contributed by atoms with Gasteiger partial charge in [-0.15, -0.1) is 0 Å². The van der Waals surface area contributed by atoms with Gasteiger partial charge in [0.05, 0.1) is 30.8 Å². The molecule has 2 aliphatic heterocycles. The smallest absolute Gasteiger partial charge is 0.309 e. The van der Waals surface area contributed by atoms with E-state index >= 15 is 0 Å². The van der Waals surface area contributed by atoms with Crippen LogP contribution in [-0.2, 0) is 33.3 Å². The molecule has 232 valence electrons. The predicted molar refractivity (Wildman–Crippen MR) is 152 cm³/mol. The molecule has 1 saturated heterocycles. The molecule has 0 aliphatic carbocycles. The summed E-state index contributed by atoms with van der Waals surface area (Å²) >= 11 is 0. The Hall–Kier alpha value is -2.37. The molecule has 3 N–H and O–H groups in total. The molecule has 41 heavy (non-hydrogen) atoms. The van der Waals surface area contributed by atoms with Gasteiger partial charge in [0.25, 0.3) is 0 Å². The highest BCUT2D eigenvalue weighted by Gasteiger charge is 2.50. The van der Waals surface area contributed by atoms with Crippen molar-refractivity contribution in [1.82, 2.24) is 0 Å². The number of aliphatic hydroxyl groups excluding tert-OH is 2. The van der Waals surface area contributed by atoms with Crippen molar-refractivity contribution in [3.05, 3.63) is 36.0 Å². The van der Waals surface area contributed by atoms with Crippen molar-refractivity contribution in [3.8, 4) is 0 Å². The standard InChI is InChI=1S/C31H48O10/c1-9-23(38-8)20(5)29-30(41-29)27(36)17(2)11-10-12-18(3)28-19(4)13-14-25(39-21(6)32)31(7,37)24(34)15-22(33)16-26(35)40-28/h10-14,17,19-20,22-23,25,27-30,33,36-37H,9,15-16H2,1-8H3/b11-10+,14-13+,18-12+. The van der Waals surface area contributed by atoms with E-state index in [1.807, 2.05) is 13.0 Å². The number of allylic oxidation sites excluding steroid dienone is 2. The van der Waals surface area contributed by atoms with E-state index in [0.29, 0.717) is 5.57 Å². The first-order valence-corrected chi connectivity index (χ1v) is 14.3. The summed E-state index contributed by atoms with van der Waals surface area (Å²) in [5.41, 5.74) is -1.42. The number of hydrogen-bond donors (Lipinski definition) is 3. The number of hydrogen-bond acceptors (Lipinski definition) is 10. The van der Waals surface area contributed by atoms with E-state index in [2.05, 4.69) is 13.8 Å². The Morgan fingerprint density at radius 1 is 1.20 bits per heavy atom. The summed E-state index contributed by atoms with van der Waals surface area (Å²) in [6.45, 7) is 12.0. The number of rotatable bonds is 10. The Labute approximate surface area is 243 Å². The van der Waals surface area contributed by atoms with Gasteiger partial charge in [0.1, 0.15) is 12.2 Å². The molecular formula is C31H48O10. The van der Waals surface area contributed by atoms with Crippen molar-refractivity contribution in [3.63, 3.8) is 0 Å². The fourth-order valence-corrected chi connectivity index (χ4v) is 5.23. The molecule has 2 heterocycles. The van der Waals surface area contributed by atoms with Crippen molar-refractivity contribution in [1.29, 1.82) is 0 Å². The molecule has 2 rings (SSSR count). The molecule has 0 radical (unpaired) electrons. The minimum Gasteiger partial charge on any atom is -0.457 e. The Kier molecular flexibility index (Phi) is 12.9. The molecule has 0 aromatic carbocycles. The second-order valence-electron chi connectivity index (χ2n) is 11.6. The normalized spacial score (nSPS) is 35.4. The fourth-order valence-electron chi connectivity index (χ4n) is 5.23. The van der Waals surface area contributed by atoms with Crippen LogP contribution in [0.2, 0.25) is 0 Å². The van der Waals surface area contributed by atoms with E-state index in [1.54, 1.807) is 39.2 Å². The highest BCUT2D eigenvalue weighted by molar-refractivity contribution is 5.89. The van der Waals surface area contributed by atoms with Crippen molar-refractivity contribution in [2.45, 2.75) is 116 Å². The Balaban J connectivity index is 2.20. The molecule has 0 saturated carbocycles. The van der Waals surface area contributed by atoms with Gasteiger partial charge < -0.3 is 34.3 Å². The van der Waals surface area contributed by atoms with Gasteiger partial charge in [0.15, 0.2) is 17.5 Å². The first-order valence-electron chi connectivity index (χ1n) is 14.3. The van der Waals surface area contributed by atoms with Crippen LogP contribution in [0.1, 0.15) is 67.7 Å². The van der Waals surface area contributed by atoms with Gasteiger partial charge >= 0.3 is 11.9 Å². The number of cyclic esters (lactones) is 1. The average molecular weight is 581 g/mol. The number of carbonyl (C=O) groups excluding carboxylic acids is 3. The van der Waals surface area contributed by atoms with Gasteiger partial charge in [-0.05, 0) is 31.9 Å². The van der Waals surface area contributed by atoms with Crippen LogP contribution in [0.5, 0.6) is 0 Å². The van der Waals surface area contributed by atoms with Crippen LogP contribution in [0.25, 0.3) is 0 Å². The summed E-state index contributed by atoms with van der Waals surface area (Å²) in [5.74, 6) is -2.64. The first-order chi connectivity index (χ1) is 19.1. The SMILES string of the molecule is CCC(OC)C(C)C1OC1C(O)C(C)/C=C/C=C(\C)C1OC(=O)CC(O)CC(=O)C(C)(O)C(OC(C)=O)/C=C/C1C. The maximum absolute atomic E-state index is 12.7. The van der Waals surface area contributed by atoms with E-state index in [0.717, 1.165) is 6.42 Å². The maximum atomic E-state index is 12.7. The second-order valence-corrected chi connectivity index (χ2v) is 11.6. The average Bonchev–Trinajstić information content (AvgIpc) is 3.69. The molecule has 0 amide bonds. The lowest BCUT2D eigenvalue weighted by atomic mass is 9.87. The summed E-state index contributed by atoms with van der Waals surface area (Å²) in [4.78, 5) is 37.0. The first kappa shape index (κ1) is 34.8. The van der Waals surface area contributed by atoms with Crippen LogP contribution in [-0.4, -0.2) is 88.5 Å². The zero-order chi connectivity index (χ0) is 31.1. The van der Waals surface area contributed by atoms with Crippen LogP contribution >= 0.6 is 0 Å². The van der Waals surface area contributed by atoms with Crippen LogP contribution in [0.4, 0.5) is 0 Å². The van der Waals surface area contributed by atoms with E-state index in [9.17, 15) is 29.7 Å². The minimum absolute atomic E-state index is 0.0615. The van der Waals surface area contributed by atoms with Crippen molar-refractivity contribution >= 4 is 17.7 Å². The van der Waals surface area contributed by atoms with Gasteiger partial charge in [0, 0.05) is 38.2 Å². The molecule has 0 aromatic rings. The number of aliphatic hydroxyl groups is 3. The third-order valence-corrected chi connectivity index (χ3v) is 8.03. The molecule has 1 fully saturated rings. The summed E-state index contributed by atoms with van der Waals surface area (Å²) in [6.07, 6.45) is 3.97. The van der Waals surface area contributed by atoms with Gasteiger partial charge in [-0.3, -0.25) is 14.4 Å². The lowest BCUT2D eigenvalue weighted by Gasteiger charge is -2.31. The third-order valence-electron chi connectivity index (χ3n) is 8.03. The Bertz CT molecular complexity index is 995. The van der Waals surface area contributed by atoms with Crippen molar-refractivity contribution in [2.75, 3.05) is 7.11 Å². The fraction of sp³-hybridized carbons (Fsp3) is 0.710. The van der Waals surface area contributed by atoms with E-state index in [4.69, 9.17) is 18.9 Å². The molecule has 11 atom stereocenters. The zero-order valence-corrected chi connectivity index (χ0v) is 25.5. The van der Waals surface area contributed by atoms with Crippen molar-refractivity contribution in [2.24, 2.45) is 17.8 Å². The van der Waals surface area contributed by atoms with E-state index < -0.39 is 66.5 Å². The maximum Gasteiger partial charge on any atom is 0.309 e. The molecule has 0 spiro atoms. The Morgan fingerprint density at radius 3 is 2.44 bits per heavy atom. The lowest BCUT2D eigenvalue weighted by Crippen LogP contribution is -2.49. The van der Waals surface area contributed by atoms with E-state index in [1.165, 1.54) is 19.9 Å². The van der Waals surface area contributed by atoms with E-state index in [-0.39, 0.29) is 30.1 Å². The second kappa shape index (κ2) is 15.2. The van der Waals surface area contributed by atoms with Crippen molar-refractivity contribution < 1.29 is 48.7 Å². The molecule has 10 nitrogen and oxygen atoms in total. The summed E-state index contributed by atoms with van der Waals surface area (Å²) in [6, 6.07) is 0. The zero-order valence-electron chi connectivity index (χ0n) is 25.5. The number of esters is 2. The van der Waals surface area contributed by atoms with Gasteiger partial charge in [-0.1, -0.05) is 52.0 Å². The highest BCUT2D eigenvalue weighted by Crippen LogP contribution is 2.37.